The third-order valence-electron chi connectivity index (χ3n) is 3.12. The van der Waals surface area contributed by atoms with E-state index in [-0.39, 0.29) is 32.8 Å². The second-order valence-electron chi connectivity index (χ2n) is 5.27. The molecule has 2 aromatic carbocycles. The molecule has 0 bridgehead atoms. The zero-order valence-corrected chi connectivity index (χ0v) is 15.5. The number of anilines is 1. The van der Waals surface area contributed by atoms with Crippen molar-refractivity contribution in [1.82, 2.24) is 0 Å². The molecule has 0 fully saturated rings. The maximum absolute atomic E-state index is 12.3. The highest BCUT2D eigenvalue weighted by Gasteiger charge is 2.29. The summed E-state index contributed by atoms with van der Waals surface area (Å²) in [6.07, 6.45) is 0. The van der Waals surface area contributed by atoms with E-state index < -0.39 is 34.0 Å². The van der Waals surface area contributed by atoms with E-state index in [1.807, 2.05) is 0 Å². The van der Waals surface area contributed by atoms with Crippen molar-refractivity contribution in [2.75, 3.05) is 11.9 Å². The quantitative estimate of drug-likeness (QED) is 0.534. The third kappa shape index (κ3) is 6.87. The van der Waals surface area contributed by atoms with Crippen LogP contribution in [0.1, 0.15) is 10.4 Å². The Hall–Kier alpha value is -2.57. The van der Waals surface area contributed by atoms with E-state index in [2.05, 4.69) is 5.32 Å². The van der Waals surface area contributed by atoms with E-state index >= 15 is 0 Å². The Balaban J connectivity index is 1.87. The highest BCUT2D eigenvalue weighted by atomic mass is 32.2. The molecule has 0 spiro atoms. The van der Waals surface area contributed by atoms with Crippen LogP contribution in [0.15, 0.2) is 58.3 Å². The number of halogens is 3. The summed E-state index contributed by atoms with van der Waals surface area (Å²) in [7, 11) is -3.86. The van der Waals surface area contributed by atoms with Crippen LogP contribution in [-0.2, 0) is 19.6 Å². The molecule has 0 unspecified atom stereocenters. The lowest BCUT2D eigenvalue weighted by Crippen LogP contribution is -2.21. The van der Waals surface area contributed by atoms with Gasteiger partial charge in [0.25, 0.3) is 5.91 Å². The Morgan fingerprint density at radius 3 is 2.11 bits per heavy atom. The van der Waals surface area contributed by atoms with E-state index in [9.17, 15) is 31.2 Å². The number of amides is 1. The molecule has 0 saturated carbocycles. The average Bonchev–Trinajstić information content (AvgIpc) is 2.58. The normalized spacial score (nSPS) is 11.7. The van der Waals surface area contributed by atoms with Crippen LogP contribution in [0.5, 0.6) is 0 Å². The van der Waals surface area contributed by atoms with Crippen LogP contribution in [0, 0.1) is 0 Å². The largest absolute Gasteiger partial charge is 0.452 e. The van der Waals surface area contributed by atoms with Crippen LogP contribution in [0.4, 0.5) is 18.9 Å². The lowest BCUT2D eigenvalue weighted by atomic mass is 10.2. The highest BCUT2D eigenvalue weighted by Crippen LogP contribution is 2.36. The zero-order chi connectivity index (χ0) is 20.9. The second kappa shape index (κ2) is 8.63. The van der Waals surface area contributed by atoms with Gasteiger partial charge < -0.3 is 10.1 Å². The Bertz CT molecular complexity index is 959. The molecule has 1 amide bonds. The van der Waals surface area contributed by atoms with Crippen LogP contribution in [0.2, 0.25) is 0 Å². The van der Waals surface area contributed by atoms with Gasteiger partial charge in [-0.2, -0.15) is 13.2 Å². The van der Waals surface area contributed by atoms with Crippen molar-refractivity contribution in [3.05, 3.63) is 54.1 Å². The summed E-state index contributed by atoms with van der Waals surface area (Å²) in [5.74, 6) is -1.58. The molecule has 150 valence electrons. The number of hydrogen-bond acceptors (Lipinski definition) is 6. The van der Waals surface area contributed by atoms with Gasteiger partial charge in [0.2, 0.25) is 10.0 Å². The average molecular weight is 434 g/mol. The highest BCUT2D eigenvalue weighted by molar-refractivity contribution is 8.00. The topological polar surface area (TPSA) is 116 Å². The molecule has 0 aromatic heterocycles. The maximum atomic E-state index is 12.3. The first kappa shape index (κ1) is 21.7. The molecule has 7 nitrogen and oxygen atoms in total. The summed E-state index contributed by atoms with van der Waals surface area (Å²) < 4.78 is 63.9. The fraction of sp³-hybridized carbons (Fsp3) is 0.125. The third-order valence-corrected chi connectivity index (χ3v) is 4.79. The van der Waals surface area contributed by atoms with Gasteiger partial charge in [-0.3, -0.25) is 4.79 Å². The molecule has 2 aromatic rings. The lowest BCUT2D eigenvalue weighted by Gasteiger charge is -2.08. The molecule has 12 heteroatoms. The molecule has 0 aliphatic rings. The molecular formula is C16H13F3N2O5S2. The number of nitrogens with two attached hydrogens (primary N) is 1. The molecule has 0 radical (unpaired) electrons. The number of ether oxygens (including phenoxy) is 1. The number of carbonyl (C=O) groups is 2. The first-order chi connectivity index (χ1) is 12.9. The van der Waals surface area contributed by atoms with E-state index in [0.717, 1.165) is 24.3 Å². The maximum Gasteiger partial charge on any atom is 0.446 e. The van der Waals surface area contributed by atoms with Crippen molar-refractivity contribution < 1.29 is 35.9 Å². The molecule has 0 aliphatic heterocycles. The smallest absolute Gasteiger partial charge is 0.446 e. The molecule has 2 rings (SSSR count). The number of carbonyl (C=O) groups excluding carboxylic acids is 2. The molecule has 0 aliphatic carbocycles. The van der Waals surface area contributed by atoms with Crippen LogP contribution in [-0.4, -0.2) is 32.4 Å². The van der Waals surface area contributed by atoms with Crippen LogP contribution >= 0.6 is 11.8 Å². The Morgan fingerprint density at radius 1 is 1.04 bits per heavy atom. The Labute approximate surface area is 162 Å². The van der Waals surface area contributed by atoms with Crippen LogP contribution in [0.25, 0.3) is 0 Å². The van der Waals surface area contributed by atoms with Gasteiger partial charge in [0.15, 0.2) is 6.61 Å². The SMILES string of the molecule is NS(=O)(=O)c1ccc(NC(=O)COC(=O)c2ccc(SC(F)(F)F)cc2)cc1. The van der Waals surface area contributed by atoms with Crippen LogP contribution in [0.3, 0.4) is 0 Å². The van der Waals surface area contributed by atoms with Gasteiger partial charge in [-0.25, -0.2) is 18.4 Å². The standard InChI is InChI=1S/C16H13F3N2O5S2/c17-16(18,19)27-12-5-1-10(2-6-12)15(23)26-9-14(22)21-11-3-7-13(8-4-11)28(20,24)25/h1-8H,9H2,(H,21,22)(H2,20,24,25). The predicted octanol–water partition coefficient (Wildman–Crippen LogP) is 2.74. The van der Waals surface area contributed by atoms with Crippen molar-refractivity contribution in [2.24, 2.45) is 5.14 Å². The van der Waals surface area contributed by atoms with Crippen molar-refractivity contribution in [1.29, 1.82) is 0 Å². The Kier molecular flexibility index (Phi) is 6.69. The number of hydrogen-bond donors (Lipinski definition) is 2. The number of nitrogens with one attached hydrogen (secondary N) is 1. The van der Waals surface area contributed by atoms with Crippen molar-refractivity contribution in [3.63, 3.8) is 0 Å². The van der Waals surface area contributed by atoms with E-state index in [1.54, 1.807) is 0 Å². The molecule has 28 heavy (non-hydrogen) atoms. The Morgan fingerprint density at radius 2 is 1.61 bits per heavy atom. The zero-order valence-electron chi connectivity index (χ0n) is 13.9. The van der Waals surface area contributed by atoms with Gasteiger partial charge in [-0.15, -0.1) is 0 Å². The fourth-order valence-corrected chi connectivity index (χ4v) is 2.99. The van der Waals surface area contributed by atoms with Gasteiger partial charge >= 0.3 is 11.5 Å². The molecule has 0 heterocycles. The number of rotatable bonds is 6. The van der Waals surface area contributed by atoms with E-state index in [0.29, 0.717) is 0 Å². The van der Waals surface area contributed by atoms with E-state index in [1.165, 1.54) is 24.3 Å². The van der Waals surface area contributed by atoms with Gasteiger partial charge in [-0.05, 0) is 60.3 Å². The van der Waals surface area contributed by atoms with Gasteiger partial charge in [0.1, 0.15) is 0 Å². The minimum Gasteiger partial charge on any atom is -0.452 e. The second-order valence-corrected chi connectivity index (χ2v) is 7.97. The summed E-state index contributed by atoms with van der Waals surface area (Å²) in [4.78, 5) is 23.4. The van der Waals surface area contributed by atoms with Crippen molar-refractivity contribution in [3.8, 4) is 0 Å². The number of thioether (sulfide) groups is 1. The predicted molar refractivity (Wildman–Crippen MR) is 95.1 cm³/mol. The number of benzene rings is 2. The number of alkyl halides is 3. The minimum absolute atomic E-state index is 0.0168. The first-order valence-corrected chi connectivity index (χ1v) is 9.76. The monoisotopic (exact) mass is 434 g/mol. The number of sulfonamides is 1. The summed E-state index contributed by atoms with van der Waals surface area (Å²) in [5, 5.41) is 7.34. The van der Waals surface area contributed by atoms with Crippen molar-refractivity contribution in [2.45, 2.75) is 15.3 Å². The first-order valence-electron chi connectivity index (χ1n) is 7.40. The number of esters is 1. The summed E-state index contributed by atoms with van der Waals surface area (Å²) in [6, 6.07) is 9.52. The van der Waals surface area contributed by atoms with E-state index in [4.69, 9.17) is 9.88 Å². The fourth-order valence-electron chi connectivity index (χ4n) is 1.93. The summed E-state index contributed by atoms with van der Waals surface area (Å²) in [5.41, 5.74) is -4.20. The molecule has 0 saturated heterocycles. The summed E-state index contributed by atoms with van der Waals surface area (Å²) >= 11 is -0.319. The van der Waals surface area contributed by atoms with Crippen molar-refractivity contribution >= 4 is 39.3 Å². The lowest BCUT2D eigenvalue weighted by molar-refractivity contribution is -0.119. The molecule has 0 atom stereocenters. The molecule has 3 N–H and O–H groups in total. The minimum atomic E-state index is -4.44. The van der Waals surface area contributed by atoms with Gasteiger partial charge in [0, 0.05) is 10.6 Å². The van der Waals surface area contributed by atoms with Gasteiger partial charge in [-0.1, -0.05) is 0 Å². The summed E-state index contributed by atoms with van der Waals surface area (Å²) in [6.45, 7) is -0.644. The number of primary sulfonamides is 1. The molecular weight excluding hydrogens is 421 g/mol. The van der Waals surface area contributed by atoms with Gasteiger partial charge in [0.05, 0.1) is 10.5 Å². The van der Waals surface area contributed by atoms with Crippen LogP contribution < -0.4 is 10.5 Å².